The highest BCUT2D eigenvalue weighted by Gasteiger charge is 2.21. The van der Waals surface area contributed by atoms with Gasteiger partial charge in [-0.1, -0.05) is 5.16 Å². The third kappa shape index (κ3) is 2.18. The molecule has 0 aliphatic heterocycles. The molecule has 0 saturated carbocycles. The molecule has 0 fully saturated rings. The van der Waals surface area contributed by atoms with Gasteiger partial charge in [-0.05, 0) is 32.4 Å². The third-order valence-corrected chi connectivity index (χ3v) is 3.43. The molecule has 2 aromatic heterocycles. The monoisotopic (exact) mass is 301 g/mol. The van der Waals surface area contributed by atoms with Gasteiger partial charge in [-0.3, -0.25) is 10.1 Å². The first kappa shape index (κ1) is 14.1. The topological polar surface area (TPSA) is 110 Å². The molecule has 0 bridgehead atoms. The number of nitrogens with zero attached hydrogens (tertiary/aromatic N) is 3. The van der Waals surface area contributed by atoms with E-state index in [1.165, 1.54) is 6.07 Å². The standard InChI is InChI=1S/C14H15N5O3/c1-4-15-14-16-10-5-9(12-7(2)18-22-8(12)3)6-11(19(20)21)13(10)17-14/h5-6H,4H2,1-3H3,(H2,15,16,17). The number of fused-ring (bicyclic) bond motifs is 1. The van der Waals surface area contributed by atoms with E-state index in [0.717, 1.165) is 5.56 Å². The molecule has 0 amide bonds. The van der Waals surface area contributed by atoms with Gasteiger partial charge in [0, 0.05) is 18.2 Å². The SMILES string of the molecule is CCNc1nc2c([N+](=O)[O-])cc(-c3c(C)noc3C)cc2[nH]1. The molecule has 8 nitrogen and oxygen atoms in total. The van der Waals surface area contributed by atoms with E-state index >= 15 is 0 Å². The van der Waals surface area contributed by atoms with Crippen LogP contribution in [-0.4, -0.2) is 26.6 Å². The van der Waals surface area contributed by atoms with E-state index in [2.05, 4.69) is 20.4 Å². The number of hydrogen-bond donors (Lipinski definition) is 2. The highest BCUT2D eigenvalue weighted by atomic mass is 16.6. The molecule has 2 N–H and O–H groups in total. The second kappa shape index (κ2) is 5.14. The molecule has 1 aromatic carbocycles. The number of hydrogen-bond acceptors (Lipinski definition) is 6. The zero-order valence-electron chi connectivity index (χ0n) is 12.4. The van der Waals surface area contributed by atoms with Crippen molar-refractivity contribution in [2.45, 2.75) is 20.8 Å². The summed E-state index contributed by atoms with van der Waals surface area (Å²) < 4.78 is 5.15. The van der Waals surface area contributed by atoms with Crippen molar-refractivity contribution in [2.24, 2.45) is 0 Å². The fourth-order valence-electron chi connectivity index (χ4n) is 2.53. The number of nitro benzene ring substituents is 1. The Labute approximate surface area is 125 Å². The molecular weight excluding hydrogens is 286 g/mol. The number of H-pyrrole nitrogens is 1. The van der Waals surface area contributed by atoms with Gasteiger partial charge in [0.1, 0.15) is 5.76 Å². The van der Waals surface area contributed by atoms with E-state index in [-0.39, 0.29) is 5.69 Å². The van der Waals surface area contributed by atoms with Gasteiger partial charge in [-0.2, -0.15) is 0 Å². The van der Waals surface area contributed by atoms with Crippen LogP contribution in [0.2, 0.25) is 0 Å². The number of aryl methyl sites for hydroxylation is 2. The second-order valence-electron chi connectivity index (χ2n) is 4.96. The number of nitrogens with one attached hydrogen (secondary N) is 2. The van der Waals surface area contributed by atoms with Crippen molar-refractivity contribution in [1.82, 2.24) is 15.1 Å². The number of non-ortho nitro benzene ring substituents is 1. The van der Waals surface area contributed by atoms with Crippen LogP contribution < -0.4 is 5.32 Å². The molecule has 3 rings (SSSR count). The van der Waals surface area contributed by atoms with Gasteiger partial charge in [-0.25, -0.2) is 4.98 Å². The van der Waals surface area contributed by atoms with Crippen molar-refractivity contribution in [3.8, 4) is 11.1 Å². The molecular formula is C14H15N5O3. The fraction of sp³-hybridized carbons (Fsp3) is 0.286. The van der Waals surface area contributed by atoms with Crippen LogP contribution in [0.15, 0.2) is 16.7 Å². The van der Waals surface area contributed by atoms with E-state index in [1.807, 2.05) is 13.0 Å². The third-order valence-electron chi connectivity index (χ3n) is 3.43. The van der Waals surface area contributed by atoms with E-state index in [4.69, 9.17) is 4.52 Å². The van der Waals surface area contributed by atoms with Crippen LogP contribution in [0.3, 0.4) is 0 Å². The summed E-state index contributed by atoms with van der Waals surface area (Å²) in [4.78, 5) is 18.2. The van der Waals surface area contributed by atoms with Crippen LogP contribution >= 0.6 is 0 Å². The van der Waals surface area contributed by atoms with Crippen molar-refractivity contribution in [1.29, 1.82) is 0 Å². The number of imidazole rings is 1. The second-order valence-corrected chi connectivity index (χ2v) is 4.96. The van der Waals surface area contributed by atoms with Crippen molar-refractivity contribution in [3.05, 3.63) is 33.7 Å². The van der Waals surface area contributed by atoms with E-state index in [1.54, 1.807) is 13.8 Å². The number of benzene rings is 1. The Morgan fingerprint density at radius 1 is 1.41 bits per heavy atom. The summed E-state index contributed by atoms with van der Waals surface area (Å²) in [6.07, 6.45) is 0. The number of anilines is 1. The van der Waals surface area contributed by atoms with Crippen LogP contribution in [-0.2, 0) is 0 Å². The predicted octanol–water partition coefficient (Wildman–Crippen LogP) is 3.17. The average molecular weight is 301 g/mol. The number of nitro groups is 1. The van der Waals surface area contributed by atoms with Gasteiger partial charge in [0.05, 0.1) is 16.1 Å². The Morgan fingerprint density at radius 3 is 2.77 bits per heavy atom. The largest absolute Gasteiger partial charge is 0.361 e. The number of rotatable bonds is 4. The van der Waals surface area contributed by atoms with Gasteiger partial charge in [0.15, 0.2) is 5.52 Å². The van der Waals surface area contributed by atoms with Gasteiger partial charge < -0.3 is 14.8 Å². The summed E-state index contributed by atoms with van der Waals surface area (Å²) in [5.74, 6) is 1.13. The van der Waals surface area contributed by atoms with E-state index in [9.17, 15) is 10.1 Å². The molecule has 8 heteroatoms. The summed E-state index contributed by atoms with van der Waals surface area (Å²) in [7, 11) is 0. The highest BCUT2D eigenvalue weighted by molar-refractivity contribution is 5.91. The van der Waals surface area contributed by atoms with Gasteiger partial charge >= 0.3 is 0 Å². The molecule has 0 aliphatic rings. The molecule has 0 spiro atoms. The van der Waals surface area contributed by atoms with Crippen LogP contribution in [0.25, 0.3) is 22.2 Å². The summed E-state index contributed by atoms with van der Waals surface area (Å²) in [6, 6.07) is 3.33. The van der Waals surface area contributed by atoms with E-state index in [0.29, 0.717) is 40.5 Å². The minimum absolute atomic E-state index is 0.0482. The normalized spacial score (nSPS) is 11.0. The van der Waals surface area contributed by atoms with Crippen molar-refractivity contribution in [2.75, 3.05) is 11.9 Å². The zero-order valence-corrected chi connectivity index (χ0v) is 12.4. The molecule has 3 aromatic rings. The van der Waals surface area contributed by atoms with Crippen LogP contribution in [0.5, 0.6) is 0 Å². The van der Waals surface area contributed by atoms with Crippen LogP contribution in [0.1, 0.15) is 18.4 Å². The van der Waals surface area contributed by atoms with Crippen molar-refractivity contribution < 1.29 is 9.45 Å². The Kier molecular flexibility index (Phi) is 3.28. The average Bonchev–Trinajstić information content (AvgIpc) is 3.01. The lowest BCUT2D eigenvalue weighted by Crippen LogP contribution is -1.97. The Bertz CT molecular complexity index is 845. The maximum Gasteiger partial charge on any atom is 0.297 e. The predicted molar refractivity (Wildman–Crippen MR) is 81.9 cm³/mol. The molecule has 22 heavy (non-hydrogen) atoms. The Morgan fingerprint density at radius 2 is 2.18 bits per heavy atom. The summed E-state index contributed by atoms with van der Waals surface area (Å²) in [5, 5.41) is 18.3. The lowest BCUT2D eigenvalue weighted by atomic mass is 10.0. The van der Waals surface area contributed by atoms with Gasteiger partial charge in [-0.15, -0.1) is 0 Å². The molecule has 0 atom stereocenters. The number of aromatic nitrogens is 3. The minimum Gasteiger partial charge on any atom is -0.361 e. The minimum atomic E-state index is -0.430. The summed E-state index contributed by atoms with van der Waals surface area (Å²) in [5.41, 5.74) is 3.02. The zero-order chi connectivity index (χ0) is 15.9. The molecule has 0 saturated heterocycles. The quantitative estimate of drug-likeness (QED) is 0.565. The van der Waals surface area contributed by atoms with Crippen LogP contribution in [0, 0.1) is 24.0 Å². The lowest BCUT2D eigenvalue weighted by Gasteiger charge is -2.01. The Balaban J connectivity index is 2.27. The number of aromatic amines is 1. The molecule has 0 unspecified atom stereocenters. The maximum absolute atomic E-state index is 11.4. The smallest absolute Gasteiger partial charge is 0.297 e. The lowest BCUT2D eigenvalue weighted by molar-refractivity contribution is -0.383. The van der Waals surface area contributed by atoms with Gasteiger partial charge in [0.25, 0.3) is 5.69 Å². The van der Waals surface area contributed by atoms with E-state index < -0.39 is 4.92 Å². The molecule has 0 radical (unpaired) electrons. The molecule has 0 aliphatic carbocycles. The highest BCUT2D eigenvalue weighted by Crippen LogP contribution is 2.34. The fourth-order valence-corrected chi connectivity index (χ4v) is 2.53. The van der Waals surface area contributed by atoms with Gasteiger partial charge in [0.2, 0.25) is 5.95 Å². The summed E-state index contributed by atoms with van der Waals surface area (Å²) >= 11 is 0. The first-order valence-corrected chi connectivity index (χ1v) is 6.86. The maximum atomic E-state index is 11.4. The van der Waals surface area contributed by atoms with Crippen molar-refractivity contribution >= 4 is 22.7 Å². The first-order valence-electron chi connectivity index (χ1n) is 6.86. The molecule has 2 heterocycles. The Hall–Kier alpha value is -2.90. The first-order chi connectivity index (χ1) is 10.5. The van der Waals surface area contributed by atoms with Crippen molar-refractivity contribution in [3.63, 3.8) is 0 Å². The van der Waals surface area contributed by atoms with Crippen LogP contribution in [0.4, 0.5) is 11.6 Å². The summed E-state index contributed by atoms with van der Waals surface area (Å²) in [6.45, 7) is 6.18. The molecule has 114 valence electrons.